The number of carbonyl (C=O) groups excluding carboxylic acids is 1. The first-order valence-electron chi connectivity index (χ1n) is 7.18. The van der Waals surface area contributed by atoms with Gasteiger partial charge in [-0.1, -0.05) is 11.6 Å². The Morgan fingerprint density at radius 3 is 2.85 bits per heavy atom. The van der Waals surface area contributed by atoms with Crippen LogP contribution in [0.1, 0.15) is 36.0 Å². The lowest BCUT2D eigenvalue weighted by Crippen LogP contribution is -2.42. The van der Waals surface area contributed by atoms with Crippen LogP contribution >= 0.6 is 11.6 Å². The summed E-state index contributed by atoms with van der Waals surface area (Å²) in [5, 5.41) is 13.4. The summed E-state index contributed by atoms with van der Waals surface area (Å²) in [5.74, 6) is 0.00888. The Morgan fingerprint density at radius 2 is 2.20 bits per heavy atom. The maximum Gasteiger partial charge on any atom is 0.255 e. The largest absolute Gasteiger partial charge is 0.508 e. The molecule has 1 aromatic rings. The smallest absolute Gasteiger partial charge is 0.255 e. The Kier molecular flexibility index (Phi) is 3.85. The van der Waals surface area contributed by atoms with Gasteiger partial charge in [0.05, 0.1) is 10.6 Å². The van der Waals surface area contributed by atoms with Crippen molar-refractivity contribution in [2.75, 3.05) is 13.1 Å². The zero-order valence-electron chi connectivity index (χ0n) is 11.3. The standard InChI is InChI=1S/C15H19ClN2O2/c16-14-6-5-12(19)8-13(14)15(20)18(11-3-4-11)9-10-2-1-7-17-10/h5-6,8,10-11,17,19H,1-4,7,9H2. The van der Waals surface area contributed by atoms with Crippen molar-refractivity contribution in [3.05, 3.63) is 28.8 Å². The summed E-state index contributed by atoms with van der Waals surface area (Å²) in [7, 11) is 0. The van der Waals surface area contributed by atoms with E-state index in [4.69, 9.17) is 11.6 Å². The molecule has 5 heteroatoms. The van der Waals surface area contributed by atoms with Crippen LogP contribution in [0, 0.1) is 0 Å². The lowest BCUT2D eigenvalue weighted by atomic mass is 10.1. The maximum atomic E-state index is 12.7. The first-order valence-corrected chi connectivity index (χ1v) is 7.56. The molecule has 1 aromatic carbocycles. The van der Waals surface area contributed by atoms with E-state index in [1.54, 1.807) is 6.07 Å². The molecular weight excluding hydrogens is 276 g/mol. The lowest BCUT2D eigenvalue weighted by Gasteiger charge is -2.26. The van der Waals surface area contributed by atoms with Crippen molar-refractivity contribution in [1.29, 1.82) is 0 Å². The Morgan fingerprint density at radius 1 is 1.40 bits per heavy atom. The van der Waals surface area contributed by atoms with Gasteiger partial charge in [0.2, 0.25) is 0 Å². The van der Waals surface area contributed by atoms with Crippen LogP contribution in [0.25, 0.3) is 0 Å². The number of benzene rings is 1. The van der Waals surface area contributed by atoms with Gasteiger partial charge in [0.25, 0.3) is 5.91 Å². The molecule has 3 rings (SSSR count). The Balaban J connectivity index is 1.79. The number of nitrogens with zero attached hydrogens (tertiary/aromatic N) is 1. The highest BCUT2D eigenvalue weighted by atomic mass is 35.5. The number of halogens is 1. The number of phenols is 1. The number of rotatable bonds is 4. The van der Waals surface area contributed by atoms with Crippen LogP contribution in [0.2, 0.25) is 5.02 Å². The van der Waals surface area contributed by atoms with E-state index in [9.17, 15) is 9.90 Å². The van der Waals surface area contributed by atoms with E-state index < -0.39 is 0 Å². The number of hydrogen-bond donors (Lipinski definition) is 2. The van der Waals surface area contributed by atoms with Crippen LogP contribution in [-0.2, 0) is 0 Å². The van der Waals surface area contributed by atoms with Gasteiger partial charge in [-0.2, -0.15) is 0 Å². The van der Waals surface area contributed by atoms with Crippen molar-refractivity contribution in [1.82, 2.24) is 10.2 Å². The first kappa shape index (κ1) is 13.7. The van der Waals surface area contributed by atoms with E-state index >= 15 is 0 Å². The molecule has 1 heterocycles. The SMILES string of the molecule is O=C(c1cc(O)ccc1Cl)N(CC1CCCN1)C1CC1. The minimum Gasteiger partial charge on any atom is -0.508 e. The van der Waals surface area contributed by atoms with Crippen LogP contribution in [0.4, 0.5) is 0 Å². The van der Waals surface area contributed by atoms with Crippen LogP contribution in [0.15, 0.2) is 18.2 Å². The van der Waals surface area contributed by atoms with Gasteiger partial charge < -0.3 is 15.3 Å². The minimum absolute atomic E-state index is 0.0675. The fourth-order valence-electron chi connectivity index (χ4n) is 2.77. The Labute approximate surface area is 123 Å². The molecule has 0 spiro atoms. The highest BCUT2D eigenvalue weighted by Gasteiger charge is 2.35. The van der Waals surface area contributed by atoms with Gasteiger partial charge in [-0.3, -0.25) is 4.79 Å². The lowest BCUT2D eigenvalue weighted by molar-refractivity contribution is 0.0728. The van der Waals surface area contributed by atoms with E-state index in [-0.39, 0.29) is 11.7 Å². The van der Waals surface area contributed by atoms with Gasteiger partial charge in [0.15, 0.2) is 0 Å². The second kappa shape index (κ2) is 5.62. The average molecular weight is 295 g/mol. The molecule has 1 aliphatic carbocycles. The highest BCUT2D eigenvalue weighted by molar-refractivity contribution is 6.33. The van der Waals surface area contributed by atoms with E-state index in [0.29, 0.717) is 22.7 Å². The van der Waals surface area contributed by atoms with Gasteiger partial charge in [0.1, 0.15) is 5.75 Å². The van der Waals surface area contributed by atoms with Crippen LogP contribution in [0.5, 0.6) is 5.75 Å². The summed E-state index contributed by atoms with van der Waals surface area (Å²) in [5.41, 5.74) is 0.400. The van der Waals surface area contributed by atoms with Crippen molar-refractivity contribution in [2.24, 2.45) is 0 Å². The van der Waals surface area contributed by atoms with E-state index in [0.717, 1.165) is 32.4 Å². The van der Waals surface area contributed by atoms with E-state index in [1.165, 1.54) is 18.6 Å². The van der Waals surface area contributed by atoms with Crippen LogP contribution < -0.4 is 5.32 Å². The summed E-state index contributed by atoms with van der Waals surface area (Å²) < 4.78 is 0. The topological polar surface area (TPSA) is 52.6 Å². The second-order valence-corrected chi connectivity index (χ2v) is 6.05. The highest BCUT2D eigenvalue weighted by Crippen LogP contribution is 2.31. The normalized spacial score (nSPS) is 21.9. The minimum atomic E-state index is -0.0675. The molecule has 0 aromatic heterocycles. The summed E-state index contributed by atoms with van der Waals surface area (Å²) in [4.78, 5) is 14.6. The molecular formula is C15H19ClN2O2. The molecule has 4 nitrogen and oxygen atoms in total. The Hall–Kier alpha value is -1.26. The van der Waals surface area contributed by atoms with Gasteiger partial charge in [-0.05, 0) is 50.4 Å². The van der Waals surface area contributed by atoms with Gasteiger partial charge in [-0.15, -0.1) is 0 Å². The van der Waals surface area contributed by atoms with Gasteiger partial charge in [-0.25, -0.2) is 0 Å². The fraction of sp³-hybridized carbons (Fsp3) is 0.533. The third-order valence-corrected chi connectivity index (χ3v) is 4.34. The zero-order chi connectivity index (χ0) is 14.1. The molecule has 108 valence electrons. The molecule has 2 fully saturated rings. The Bertz CT molecular complexity index is 511. The number of phenolic OH excluding ortho intramolecular Hbond substituents is 1. The summed E-state index contributed by atoms with van der Waals surface area (Å²) >= 11 is 6.10. The number of amides is 1. The average Bonchev–Trinajstić information content (AvgIpc) is 3.15. The number of carbonyl (C=O) groups is 1. The molecule has 1 saturated heterocycles. The molecule has 1 unspecified atom stereocenters. The van der Waals surface area contributed by atoms with Crippen molar-refractivity contribution >= 4 is 17.5 Å². The van der Waals surface area contributed by atoms with Crippen LogP contribution in [-0.4, -0.2) is 41.1 Å². The third-order valence-electron chi connectivity index (χ3n) is 4.01. The van der Waals surface area contributed by atoms with Crippen molar-refractivity contribution in [3.8, 4) is 5.75 Å². The first-order chi connectivity index (χ1) is 9.65. The van der Waals surface area contributed by atoms with Crippen molar-refractivity contribution in [3.63, 3.8) is 0 Å². The van der Waals surface area contributed by atoms with Crippen molar-refractivity contribution < 1.29 is 9.90 Å². The molecule has 20 heavy (non-hydrogen) atoms. The molecule has 2 aliphatic rings. The van der Waals surface area contributed by atoms with Gasteiger partial charge in [0, 0.05) is 18.6 Å². The molecule has 1 amide bonds. The summed E-state index contributed by atoms with van der Waals surface area (Å²) in [6, 6.07) is 5.25. The molecule has 2 N–H and O–H groups in total. The molecule has 1 aliphatic heterocycles. The predicted octanol–water partition coefficient (Wildman–Crippen LogP) is 2.40. The maximum absolute atomic E-state index is 12.7. The molecule has 0 bridgehead atoms. The van der Waals surface area contributed by atoms with Gasteiger partial charge >= 0.3 is 0 Å². The zero-order valence-corrected chi connectivity index (χ0v) is 12.1. The summed E-state index contributed by atoms with van der Waals surface area (Å²) in [6.07, 6.45) is 4.41. The quantitative estimate of drug-likeness (QED) is 0.896. The number of aromatic hydroxyl groups is 1. The second-order valence-electron chi connectivity index (χ2n) is 5.65. The van der Waals surface area contributed by atoms with E-state index in [1.807, 2.05) is 4.90 Å². The van der Waals surface area contributed by atoms with E-state index in [2.05, 4.69) is 5.32 Å². The fourth-order valence-corrected chi connectivity index (χ4v) is 2.96. The molecule has 0 radical (unpaired) electrons. The monoisotopic (exact) mass is 294 g/mol. The number of nitrogens with one attached hydrogen (secondary N) is 1. The predicted molar refractivity (Wildman–Crippen MR) is 78.2 cm³/mol. The molecule has 1 saturated carbocycles. The van der Waals surface area contributed by atoms with Crippen LogP contribution in [0.3, 0.4) is 0 Å². The molecule has 1 atom stereocenters. The third kappa shape index (κ3) is 2.91. The van der Waals surface area contributed by atoms with Crippen molar-refractivity contribution in [2.45, 2.75) is 37.8 Å². The number of hydrogen-bond acceptors (Lipinski definition) is 3. The summed E-state index contributed by atoms with van der Waals surface area (Å²) in [6.45, 7) is 1.76.